The van der Waals surface area contributed by atoms with Crippen molar-refractivity contribution < 1.29 is 74.5 Å². The lowest BCUT2D eigenvalue weighted by Gasteiger charge is -2.09. The Labute approximate surface area is 220 Å². The summed E-state index contributed by atoms with van der Waals surface area (Å²) in [5.74, 6) is -15.2. The molecule has 0 saturated carbocycles. The van der Waals surface area contributed by atoms with Gasteiger partial charge in [-0.2, -0.15) is 8.78 Å². The second-order valence-corrected chi connectivity index (χ2v) is 7.24. The molecule has 0 saturated heterocycles. The highest BCUT2D eigenvalue weighted by molar-refractivity contribution is 5.72. The first-order valence-corrected chi connectivity index (χ1v) is 11.7. The summed E-state index contributed by atoms with van der Waals surface area (Å²) in [6, 6.07) is 0. The molecule has 0 atom stereocenters. The average molecular weight is 578 g/mol. The number of carbonyl (C=O) groups excluding carboxylic acids is 1. The van der Waals surface area contributed by atoms with Crippen LogP contribution in [-0.2, 0) is 42.7 Å². The topological polar surface area (TPSA) is 128 Å². The molecule has 1 N–H and O–H groups in total. The smallest absolute Gasteiger partial charge is 0.329 e. The fourth-order valence-electron chi connectivity index (χ4n) is 2.47. The monoisotopic (exact) mass is 578 g/mol. The normalized spacial score (nSPS) is 11.2. The van der Waals surface area contributed by atoms with Crippen LogP contribution < -0.4 is 4.74 Å². The Morgan fingerprint density at radius 3 is 1.15 bits per heavy atom. The number of hydrogen-bond donors (Lipinski definition) is 1. The van der Waals surface area contributed by atoms with Crippen LogP contribution in [0.15, 0.2) is 0 Å². The molecular formula is C23H31F5O11. The van der Waals surface area contributed by atoms with Gasteiger partial charge >= 0.3 is 11.9 Å². The maximum Gasteiger partial charge on any atom is 0.329 e. The maximum absolute atomic E-state index is 13.5. The molecule has 0 aromatic heterocycles. The summed E-state index contributed by atoms with van der Waals surface area (Å²) in [7, 11) is 0. The molecule has 0 unspecified atom stereocenters. The van der Waals surface area contributed by atoms with Gasteiger partial charge in [0.05, 0.1) is 92.3 Å². The molecule has 0 fully saturated rings. The largest absolute Gasteiger partial charge is 0.480 e. The Balaban J connectivity index is 1.87. The molecular weight excluding hydrogens is 547 g/mol. The van der Waals surface area contributed by atoms with E-state index in [9.17, 15) is 31.5 Å². The zero-order valence-electron chi connectivity index (χ0n) is 21.0. The van der Waals surface area contributed by atoms with Crippen molar-refractivity contribution in [3.8, 4) is 5.75 Å². The minimum absolute atomic E-state index is 0.0719. The molecule has 0 bridgehead atoms. The van der Waals surface area contributed by atoms with Crippen molar-refractivity contribution >= 4 is 11.9 Å². The third kappa shape index (κ3) is 15.6. The van der Waals surface area contributed by atoms with E-state index >= 15 is 0 Å². The molecule has 16 heteroatoms. The first-order valence-electron chi connectivity index (χ1n) is 11.7. The van der Waals surface area contributed by atoms with E-state index in [-0.39, 0.29) is 46.2 Å². The Kier molecular flexibility index (Phi) is 18.9. The van der Waals surface area contributed by atoms with Crippen molar-refractivity contribution in [2.24, 2.45) is 0 Å². The lowest BCUT2D eigenvalue weighted by atomic mass is 10.2. The van der Waals surface area contributed by atoms with Crippen LogP contribution in [0.4, 0.5) is 22.0 Å². The van der Waals surface area contributed by atoms with Crippen LogP contribution in [0.2, 0.25) is 0 Å². The molecule has 0 amide bonds. The van der Waals surface area contributed by atoms with Crippen LogP contribution in [0.3, 0.4) is 0 Å². The fraction of sp³-hybridized carbons (Fsp3) is 0.652. The van der Waals surface area contributed by atoms with E-state index in [2.05, 4.69) is 4.74 Å². The van der Waals surface area contributed by atoms with E-state index < -0.39 is 53.2 Å². The number of hydrogen-bond acceptors (Lipinski definition) is 10. The Morgan fingerprint density at radius 1 is 0.487 bits per heavy atom. The molecule has 1 aromatic carbocycles. The highest BCUT2D eigenvalue weighted by Gasteiger charge is 2.28. The predicted octanol–water partition coefficient (Wildman–Crippen LogP) is 1.88. The van der Waals surface area contributed by atoms with Gasteiger partial charge < -0.3 is 43.0 Å². The number of aliphatic carboxylic acids is 1. The highest BCUT2D eigenvalue weighted by atomic mass is 19.2. The van der Waals surface area contributed by atoms with Crippen molar-refractivity contribution in [3.63, 3.8) is 0 Å². The molecule has 0 radical (unpaired) electrons. The Bertz CT molecular complexity index is 831. The summed E-state index contributed by atoms with van der Waals surface area (Å²) in [5.41, 5.74) is 0. The summed E-state index contributed by atoms with van der Waals surface area (Å²) < 4.78 is 107. The minimum Gasteiger partial charge on any atom is -0.480 e. The van der Waals surface area contributed by atoms with Gasteiger partial charge in [-0.1, -0.05) is 0 Å². The summed E-state index contributed by atoms with van der Waals surface area (Å²) in [6.07, 6.45) is -0.493. The molecule has 1 rings (SSSR count). The lowest BCUT2D eigenvalue weighted by molar-refractivity contribution is -0.142. The molecule has 224 valence electrons. The van der Waals surface area contributed by atoms with Crippen molar-refractivity contribution in [3.05, 3.63) is 29.1 Å². The van der Waals surface area contributed by atoms with E-state index in [0.29, 0.717) is 46.2 Å². The number of esters is 1. The van der Waals surface area contributed by atoms with Crippen molar-refractivity contribution in [2.75, 3.05) is 92.5 Å². The second kappa shape index (κ2) is 21.4. The van der Waals surface area contributed by atoms with Crippen LogP contribution in [0.25, 0.3) is 0 Å². The van der Waals surface area contributed by atoms with E-state index in [1.54, 1.807) is 0 Å². The van der Waals surface area contributed by atoms with Crippen LogP contribution in [-0.4, -0.2) is 110 Å². The standard InChI is InChI=1S/C23H31F5O11/c24-18-19(25)21(27)23(22(28)20(18)26)39-17(31)1-2-32-3-4-33-5-6-34-7-8-35-9-10-36-11-12-37-13-14-38-15-16(29)30/h1-15H2,(H,29,30). The average Bonchev–Trinajstić information content (AvgIpc) is 2.91. The SMILES string of the molecule is O=C(O)COCCOCCOCCOCCOCCOCCOCCC(=O)Oc1c(F)c(F)c(F)c(F)c1F. The van der Waals surface area contributed by atoms with E-state index in [4.69, 9.17) is 38.3 Å². The van der Waals surface area contributed by atoms with E-state index in [1.807, 2.05) is 0 Å². The molecule has 39 heavy (non-hydrogen) atoms. The molecule has 0 heterocycles. The first-order chi connectivity index (χ1) is 18.8. The van der Waals surface area contributed by atoms with Crippen molar-refractivity contribution in [1.82, 2.24) is 0 Å². The van der Waals surface area contributed by atoms with Gasteiger partial charge in [-0.15, -0.1) is 0 Å². The molecule has 1 aromatic rings. The van der Waals surface area contributed by atoms with Gasteiger partial charge in [-0.3, -0.25) is 4.79 Å². The number of rotatable bonds is 24. The quantitative estimate of drug-likeness (QED) is 0.0482. The maximum atomic E-state index is 13.5. The summed E-state index contributed by atoms with van der Waals surface area (Å²) in [4.78, 5) is 21.8. The number of ether oxygens (including phenoxy) is 8. The lowest BCUT2D eigenvalue weighted by Crippen LogP contribution is -2.16. The summed E-state index contributed by atoms with van der Waals surface area (Å²) >= 11 is 0. The fourth-order valence-corrected chi connectivity index (χ4v) is 2.47. The molecule has 0 aliphatic heterocycles. The number of carboxylic acids is 1. The van der Waals surface area contributed by atoms with Crippen molar-refractivity contribution in [2.45, 2.75) is 6.42 Å². The number of benzene rings is 1. The van der Waals surface area contributed by atoms with Gasteiger partial charge in [0.25, 0.3) is 0 Å². The van der Waals surface area contributed by atoms with Gasteiger partial charge in [0, 0.05) is 0 Å². The summed E-state index contributed by atoms with van der Waals surface area (Å²) in [5, 5.41) is 8.38. The molecule has 11 nitrogen and oxygen atoms in total. The molecule has 0 spiro atoms. The number of halogens is 5. The number of carboxylic acid groups (broad SMARTS) is 1. The predicted molar refractivity (Wildman–Crippen MR) is 120 cm³/mol. The molecule has 0 aliphatic carbocycles. The minimum atomic E-state index is -2.35. The van der Waals surface area contributed by atoms with Gasteiger partial charge in [0.15, 0.2) is 0 Å². The Morgan fingerprint density at radius 2 is 0.795 bits per heavy atom. The van der Waals surface area contributed by atoms with Crippen LogP contribution in [0, 0.1) is 29.1 Å². The van der Waals surface area contributed by atoms with Gasteiger partial charge in [0.1, 0.15) is 6.61 Å². The first kappa shape index (κ1) is 34.6. The van der Waals surface area contributed by atoms with Gasteiger partial charge in [-0.25, -0.2) is 18.0 Å². The second-order valence-electron chi connectivity index (χ2n) is 7.24. The highest BCUT2D eigenvalue weighted by Crippen LogP contribution is 2.29. The van der Waals surface area contributed by atoms with Gasteiger partial charge in [-0.05, 0) is 0 Å². The third-order valence-corrected chi connectivity index (χ3v) is 4.29. The molecule has 0 aliphatic rings. The Hall–Kier alpha value is -2.47. The zero-order valence-corrected chi connectivity index (χ0v) is 21.0. The van der Waals surface area contributed by atoms with E-state index in [0.717, 1.165) is 0 Å². The van der Waals surface area contributed by atoms with E-state index in [1.165, 1.54) is 0 Å². The number of carbonyl (C=O) groups is 2. The van der Waals surface area contributed by atoms with Crippen LogP contribution in [0.5, 0.6) is 5.75 Å². The van der Waals surface area contributed by atoms with Crippen molar-refractivity contribution in [1.29, 1.82) is 0 Å². The zero-order chi connectivity index (χ0) is 28.9. The summed E-state index contributed by atoms with van der Waals surface area (Å²) in [6.45, 7) is 2.80. The van der Waals surface area contributed by atoms with Crippen LogP contribution >= 0.6 is 0 Å². The third-order valence-electron chi connectivity index (χ3n) is 4.29. The van der Waals surface area contributed by atoms with Gasteiger partial charge in [0.2, 0.25) is 34.8 Å². The van der Waals surface area contributed by atoms with Crippen LogP contribution in [0.1, 0.15) is 6.42 Å².